The van der Waals surface area contributed by atoms with Crippen molar-refractivity contribution < 1.29 is 28.6 Å². The number of carbonyl (C=O) groups is 3. The highest BCUT2D eigenvalue weighted by molar-refractivity contribution is 5.71. The van der Waals surface area contributed by atoms with Crippen molar-refractivity contribution in [3.63, 3.8) is 0 Å². The van der Waals surface area contributed by atoms with E-state index in [1.807, 2.05) is 0 Å². The van der Waals surface area contributed by atoms with E-state index in [4.69, 9.17) is 14.2 Å². The average molecular weight is 1140 g/mol. The minimum absolute atomic E-state index is 0.122. The Morgan fingerprint density at radius 3 is 0.711 bits per heavy atom. The number of allylic oxidation sites excluding steroid dienone is 32. The molecule has 0 aromatic rings. The van der Waals surface area contributed by atoms with E-state index in [9.17, 15) is 14.4 Å². The zero-order chi connectivity index (χ0) is 59.9. The summed E-state index contributed by atoms with van der Waals surface area (Å²) in [6.45, 7) is 6.21. The quantitative estimate of drug-likeness (QED) is 0.0261. The summed E-state index contributed by atoms with van der Waals surface area (Å²) >= 11 is 0. The molecule has 6 heteroatoms. The lowest BCUT2D eigenvalue weighted by molar-refractivity contribution is -0.167. The molecule has 83 heavy (non-hydrogen) atoms. The highest BCUT2D eigenvalue weighted by atomic mass is 16.6. The van der Waals surface area contributed by atoms with E-state index in [-0.39, 0.29) is 37.5 Å². The van der Waals surface area contributed by atoms with Crippen LogP contribution in [-0.4, -0.2) is 37.2 Å². The molecule has 1 atom stereocenters. The van der Waals surface area contributed by atoms with E-state index in [0.29, 0.717) is 19.3 Å². The van der Waals surface area contributed by atoms with Crippen molar-refractivity contribution in [1.82, 2.24) is 0 Å². The van der Waals surface area contributed by atoms with Crippen LogP contribution in [0.4, 0.5) is 0 Å². The van der Waals surface area contributed by atoms with Gasteiger partial charge in [-0.25, -0.2) is 0 Å². The summed E-state index contributed by atoms with van der Waals surface area (Å²) in [6, 6.07) is 0. The minimum Gasteiger partial charge on any atom is -0.462 e. The predicted octanol–water partition coefficient (Wildman–Crippen LogP) is 23.0. The van der Waals surface area contributed by atoms with Gasteiger partial charge in [-0.2, -0.15) is 0 Å². The van der Waals surface area contributed by atoms with Crippen LogP contribution in [0.5, 0.6) is 0 Å². The summed E-state index contributed by atoms with van der Waals surface area (Å²) in [5.41, 5.74) is 0. The maximum Gasteiger partial charge on any atom is 0.306 e. The molecule has 6 nitrogen and oxygen atoms in total. The first-order valence-electron chi connectivity index (χ1n) is 32.9. The number of ether oxygens (including phenoxy) is 3. The van der Waals surface area contributed by atoms with Gasteiger partial charge in [-0.1, -0.05) is 273 Å². The van der Waals surface area contributed by atoms with E-state index >= 15 is 0 Å². The van der Waals surface area contributed by atoms with Crippen LogP contribution in [0.3, 0.4) is 0 Å². The van der Waals surface area contributed by atoms with E-state index in [2.05, 4.69) is 215 Å². The molecule has 0 aliphatic carbocycles. The molecule has 0 aliphatic heterocycles. The Morgan fingerprint density at radius 2 is 0.446 bits per heavy atom. The maximum absolute atomic E-state index is 12.9. The molecule has 0 saturated carbocycles. The first kappa shape index (κ1) is 77.2. The SMILES string of the molecule is CC/C=C\C/C=C\C/C=C\C/C=C\C/C=C\C/C=C\C/C=C\CCCCCCCCCCCC(=O)OCC(COC(=O)CCCCCC/C=C\C/C=C\C/C=C\C/C=C\CC)OC(=O)CCC/C=C\C/C=C\C/C=C\C/C=C\C/C=C\CC. The number of hydrogen-bond donors (Lipinski definition) is 0. The Kier molecular flexibility index (Phi) is 64.0. The molecule has 0 fully saturated rings. The van der Waals surface area contributed by atoms with Crippen molar-refractivity contribution in [2.75, 3.05) is 13.2 Å². The van der Waals surface area contributed by atoms with Crippen molar-refractivity contribution in [2.45, 2.75) is 258 Å². The molecule has 0 radical (unpaired) electrons. The lowest BCUT2D eigenvalue weighted by Crippen LogP contribution is -2.30. The fourth-order valence-corrected chi connectivity index (χ4v) is 8.27. The van der Waals surface area contributed by atoms with Crippen molar-refractivity contribution in [1.29, 1.82) is 0 Å². The highest BCUT2D eigenvalue weighted by Gasteiger charge is 2.19. The molecule has 0 aromatic heterocycles. The summed E-state index contributed by atoms with van der Waals surface area (Å²) in [4.78, 5) is 38.3. The van der Waals surface area contributed by atoms with Crippen LogP contribution in [0.25, 0.3) is 0 Å². The molecule has 0 aliphatic rings. The second-order valence-corrected chi connectivity index (χ2v) is 20.9. The first-order chi connectivity index (χ1) is 41.0. The normalized spacial score (nSPS) is 13.4. The molecular formula is C77H118O6. The first-order valence-corrected chi connectivity index (χ1v) is 32.9. The molecule has 0 rings (SSSR count). The van der Waals surface area contributed by atoms with Gasteiger partial charge in [-0.15, -0.1) is 0 Å². The topological polar surface area (TPSA) is 78.9 Å². The fraction of sp³-hybridized carbons (Fsp3) is 0.545. The summed E-state index contributed by atoms with van der Waals surface area (Å²) < 4.78 is 16.9. The van der Waals surface area contributed by atoms with Gasteiger partial charge in [-0.3, -0.25) is 14.4 Å². The lowest BCUT2D eigenvalue weighted by Gasteiger charge is -2.18. The van der Waals surface area contributed by atoms with Gasteiger partial charge in [0.25, 0.3) is 0 Å². The molecule has 0 aromatic carbocycles. The monoisotopic (exact) mass is 1140 g/mol. The average Bonchev–Trinajstić information content (AvgIpc) is 3.49. The number of hydrogen-bond acceptors (Lipinski definition) is 6. The number of carbonyl (C=O) groups excluding carboxylic acids is 3. The zero-order valence-corrected chi connectivity index (χ0v) is 52.9. The summed E-state index contributed by atoms with van der Waals surface area (Å²) in [7, 11) is 0. The second-order valence-electron chi connectivity index (χ2n) is 20.9. The molecule has 0 bridgehead atoms. The largest absolute Gasteiger partial charge is 0.462 e. The van der Waals surface area contributed by atoms with Crippen molar-refractivity contribution in [3.8, 4) is 0 Å². The van der Waals surface area contributed by atoms with E-state index in [0.717, 1.165) is 167 Å². The number of esters is 3. The Morgan fingerprint density at radius 1 is 0.241 bits per heavy atom. The van der Waals surface area contributed by atoms with Crippen LogP contribution in [-0.2, 0) is 28.6 Å². The van der Waals surface area contributed by atoms with Gasteiger partial charge >= 0.3 is 17.9 Å². The summed E-state index contributed by atoms with van der Waals surface area (Å²) in [6.07, 6.45) is 104. The summed E-state index contributed by atoms with van der Waals surface area (Å²) in [5, 5.41) is 0. The smallest absolute Gasteiger partial charge is 0.306 e. The van der Waals surface area contributed by atoms with E-state index in [1.165, 1.54) is 38.5 Å². The predicted molar refractivity (Wildman–Crippen MR) is 361 cm³/mol. The van der Waals surface area contributed by atoms with Gasteiger partial charge < -0.3 is 14.2 Å². The van der Waals surface area contributed by atoms with E-state index < -0.39 is 6.10 Å². The van der Waals surface area contributed by atoms with Gasteiger partial charge in [0.1, 0.15) is 13.2 Å². The molecule has 0 saturated heterocycles. The molecular weight excluding hydrogens is 1020 g/mol. The molecule has 0 spiro atoms. The third-order valence-electron chi connectivity index (χ3n) is 13.1. The molecule has 0 amide bonds. The van der Waals surface area contributed by atoms with Crippen LogP contribution in [0.2, 0.25) is 0 Å². The molecule has 0 heterocycles. The van der Waals surface area contributed by atoms with Gasteiger partial charge in [0.15, 0.2) is 6.10 Å². The van der Waals surface area contributed by atoms with Gasteiger partial charge in [0.05, 0.1) is 0 Å². The van der Waals surface area contributed by atoms with Crippen LogP contribution in [0.15, 0.2) is 194 Å². The molecule has 1 unspecified atom stereocenters. The standard InChI is InChI=1S/C77H118O6/c1-4-7-10-13-16-19-22-25-28-31-32-33-34-35-36-37-38-39-40-41-42-43-44-47-49-52-55-58-61-64-67-70-76(79)82-73-74(83-77(80)71-68-65-62-59-56-53-50-46-30-27-24-21-18-15-12-9-6-3)72-81-75(78)69-66-63-60-57-54-51-48-45-29-26-23-20-17-14-11-8-5-2/h7-12,16-21,25-30,32-33,35-36,38-39,41-42,48,50-51,53,59,62,74H,4-6,13-15,22-24,31,34,37,40,43-47,49,52,54-58,60-61,63-73H2,1-3H3/b10-7-,11-8-,12-9-,19-16-,20-17-,21-18-,28-25-,29-26-,30-27-,33-32-,36-35-,39-38-,42-41-,51-48-,53-50-,62-59-. The third kappa shape index (κ3) is 66.9. The second kappa shape index (κ2) is 68.7. The number of unbranched alkanes of at least 4 members (excludes halogenated alkanes) is 14. The molecule has 0 N–H and O–H groups in total. The Bertz CT molecular complexity index is 1990. The zero-order valence-electron chi connectivity index (χ0n) is 52.9. The van der Waals surface area contributed by atoms with Crippen molar-refractivity contribution >= 4 is 17.9 Å². The van der Waals surface area contributed by atoms with Gasteiger partial charge in [0, 0.05) is 19.3 Å². The third-order valence-corrected chi connectivity index (χ3v) is 13.1. The maximum atomic E-state index is 12.9. The Labute approximate surface area is 509 Å². The van der Waals surface area contributed by atoms with Crippen LogP contribution >= 0.6 is 0 Å². The van der Waals surface area contributed by atoms with Gasteiger partial charge in [-0.05, 0) is 154 Å². The minimum atomic E-state index is -0.834. The van der Waals surface area contributed by atoms with Crippen LogP contribution in [0, 0.1) is 0 Å². The van der Waals surface area contributed by atoms with Crippen molar-refractivity contribution in [3.05, 3.63) is 194 Å². The fourth-order valence-electron chi connectivity index (χ4n) is 8.27. The Balaban J connectivity index is 4.45. The number of rotatable bonds is 57. The van der Waals surface area contributed by atoms with Gasteiger partial charge in [0.2, 0.25) is 0 Å². The van der Waals surface area contributed by atoms with E-state index in [1.54, 1.807) is 0 Å². The summed E-state index contributed by atoms with van der Waals surface area (Å²) in [5.74, 6) is -1.02. The molecule has 462 valence electrons. The van der Waals surface area contributed by atoms with Crippen molar-refractivity contribution in [2.24, 2.45) is 0 Å². The van der Waals surface area contributed by atoms with Crippen LogP contribution < -0.4 is 0 Å². The lowest BCUT2D eigenvalue weighted by atomic mass is 10.1. The van der Waals surface area contributed by atoms with Crippen LogP contribution in [0.1, 0.15) is 252 Å². The Hall–Kier alpha value is -5.75. The highest BCUT2D eigenvalue weighted by Crippen LogP contribution is 2.14.